The first-order chi connectivity index (χ1) is 9.55. The SMILES string of the molecule is CC[C@](C)(OC(=O)c1ccccc1)c1cccc(C)c1. The van der Waals surface area contributed by atoms with Crippen molar-refractivity contribution < 1.29 is 9.53 Å². The monoisotopic (exact) mass is 268 g/mol. The van der Waals surface area contributed by atoms with Crippen LogP contribution in [0.5, 0.6) is 0 Å². The van der Waals surface area contributed by atoms with E-state index in [9.17, 15) is 4.79 Å². The molecule has 0 radical (unpaired) electrons. The largest absolute Gasteiger partial charge is 0.451 e. The number of benzene rings is 2. The molecule has 2 nitrogen and oxygen atoms in total. The van der Waals surface area contributed by atoms with E-state index >= 15 is 0 Å². The van der Waals surface area contributed by atoms with Gasteiger partial charge in [-0.05, 0) is 38.0 Å². The van der Waals surface area contributed by atoms with Gasteiger partial charge >= 0.3 is 5.97 Å². The molecule has 2 rings (SSSR count). The predicted molar refractivity (Wildman–Crippen MR) is 80.7 cm³/mol. The summed E-state index contributed by atoms with van der Waals surface area (Å²) in [6.45, 7) is 6.03. The number of carbonyl (C=O) groups excluding carboxylic acids is 1. The van der Waals surface area contributed by atoms with E-state index < -0.39 is 5.60 Å². The van der Waals surface area contributed by atoms with Crippen LogP contribution in [-0.4, -0.2) is 5.97 Å². The van der Waals surface area contributed by atoms with E-state index in [-0.39, 0.29) is 5.97 Å². The molecule has 0 saturated heterocycles. The van der Waals surface area contributed by atoms with Crippen molar-refractivity contribution in [3.63, 3.8) is 0 Å². The van der Waals surface area contributed by atoms with E-state index in [1.54, 1.807) is 12.1 Å². The van der Waals surface area contributed by atoms with Crippen LogP contribution >= 0.6 is 0 Å². The molecule has 0 aliphatic heterocycles. The molecule has 104 valence electrons. The van der Waals surface area contributed by atoms with E-state index in [0.29, 0.717) is 5.56 Å². The number of hydrogen-bond acceptors (Lipinski definition) is 2. The van der Waals surface area contributed by atoms with Crippen LogP contribution in [0, 0.1) is 6.92 Å². The number of hydrogen-bond donors (Lipinski definition) is 0. The first-order valence-corrected chi connectivity index (χ1v) is 6.91. The molecule has 0 heterocycles. The number of esters is 1. The van der Waals surface area contributed by atoms with Gasteiger partial charge in [-0.15, -0.1) is 0 Å². The number of carbonyl (C=O) groups is 1. The van der Waals surface area contributed by atoms with Gasteiger partial charge in [0.1, 0.15) is 5.60 Å². The average Bonchev–Trinajstić information content (AvgIpc) is 2.48. The molecule has 0 aliphatic carbocycles. The maximum Gasteiger partial charge on any atom is 0.339 e. The molecule has 1 atom stereocenters. The predicted octanol–water partition coefficient (Wildman–Crippen LogP) is 4.48. The molecule has 0 spiro atoms. The lowest BCUT2D eigenvalue weighted by Gasteiger charge is -2.29. The summed E-state index contributed by atoms with van der Waals surface area (Å²) >= 11 is 0. The number of aryl methyl sites for hydroxylation is 1. The highest BCUT2D eigenvalue weighted by Crippen LogP contribution is 2.30. The summed E-state index contributed by atoms with van der Waals surface area (Å²) in [5, 5.41) is 0. The van der Waals surface area contributed by atoms with Crippen molar-refractivity contribution in [2.24, 2.45) is 0 Å². The molecule has 0 aromatic heterocycles. The molecule has 20 heavy (non-hydrogen) atoms. The van der Waals surface area contributed by atoms with Crippen molar-refractivity contribution in [1.82, 2.24) is 0 Å². The summed E-state index contributed by atoms with van der Waals surface area (Å²) < 4.78 is 5.78. The summed E-state index contributed by atoms with van der Waals surface area (Å²) in [5.74, 6) is -0.281. The zero-order valence-electron chi connectivity index (χ0n) is 12.2. The van der Waals surface area contributed by atoms with Crippen LogP contribution in [0.3, 0.4) is 0 Å². The Morgan fingerprint density at radius 3 is 2.40 bits per heavy atom. The third-order valence-electron chi connectivity index (χ3n) is 3.63. The van der Waals surface area contributed by atoms with E-state index in [1.165, 1.54) is 0 Å². The standard InChI is InChI=1S/C18H20O2/c1-4-18(3,16-12-8-9-14(2)13-16)20-17(19)15-10-6-5-7-11-15/h5-13H,4H2,1-3H3/t18-/m0/s1. The molecule has 0 N–H and O–H groups in total. The lowest BCUT2D eigenvalue weighted by atomic mass is 9.92. The second-order valence-electron chi connectivity index (χ2n) is 5.21. The zero-order valence-corrected chi connectivity index (χ0v) is 12.2. The molecule has 2 aromatic carbocycles. The molecule has 0 bridgehead atoms. The first-order valence-electron chi connectivity index (χ1n) is 6.91. The van der Waals surface area contributed by atoms with Crippen molar-refractivity contribution in [2.45, 2.75) is 32.8 Å². The van der Waals surface area contributed by atoms with E-state index in [4.69, 9.17) is 4.74 Å². The van der Waals surface area contributed by atoms with Gasteiger partial charge in [0.25, 0.3) is 0 Å². The lowest BCUT2D eigenvalue weighted by Crippen LogP contribution is -2.28. The highest BCUT2D eigenvalue weighted by Gasteiger charge is 2.29. The third kappa shape index (κ3) is 3.08. The quantitative estimate of drug-likeness (QED) is 0.764. The molecule has 2 aromatic rings. The average molecular weight is 268 g/mol. The Morgan fingerprint density at radius 2 is 1.80 bits per heavy atom. The second-order valence-corrected chi connectivity index (χ2v) is 5.21. The van der Waals surface area contributed by atoms with Gasteiger partial charge < -0.3 is 4.74 Å². The van der Waals surface area contributed by atoms with Gasteiger partial charge in [0, 0.05) is 0 Å². The molecular formula is C18H20O2. The molecule has 0 unspecified atom stereocenters. The van der Waals surface area contributed by atoms with Gasteiger partial charge in [-0.2, -0.15) is 0 Å². The van der Waals surface area contributed by atoms with Crippen molar-refractivity contribution >= 4 is 5.97 Å². The minimum Gasteiger partial charge on any atom is -0.451 e. The van der Waals surface area contributed by atoms with Crippen LogP contribution in [0.4, 0.5) is 0 Å². The fourth-order valence-corrected chi connectivity index (χ4v) is 2.15. The Kier molecular flexibility index (Phi) is 4.23. The first kappa shape index (κ1) is 14.3. The topological polar surface area (TPSA) is 26.3 Å². The van der Waals surface area contributed by atoms with Gasteiger partial charge in [0.2, 0.25) is 0 Å². The smallest absolute Gasteiger partial charge is 0.339 e. The number of rotatable bonds is 4. The number of ether oxygens (including phenoxy) is 1. The van der Waals surface area contributed by atoms with Crippen molar-refractivity contribution in [2.75, 3.05) is 0 Å². The molecule has 0 fully saturated rings. The maximum atomic E-state index is 12.3. The van der Waals surface area contributed by atoms with Crippen molar-refractivity contribution in [1.29, 1.82) is 0 Å². The molecule has 2 heteroatoms. The fourth-order valence-electron chi connectivity index (χ4n) is 2.15. The minimum atomic E-state index is -0.598. The summed E-state index contributed by atoms with van der Waals surface area (Å²) in [4.78, 5) is 12.3. The maximum absolute atomic E-state index is 12.3. The van der Waals surface area contributed by atoms with Crippen LogP contribution in [0.25, 0.3) is 0 Å². The minimum absolute atomic E-state index is 0.281. The molecule has 0 saturated carbocycles. The zero-order chi connectivity index (χ0) is 14.6. The van der Waals surface area contributed by atoms with Crippen molar-refractivity contribution in [3.05, 3.63) is 71.3 Å². The molecule has 0 aliphatic rings. The Bertz CT molecular complexity index is 589. The van der Waals surface area contributed by atoms with Gasteiger partial charge in [-0.25, -0.2) is 4.79 Å². The molecular weight excluding hydrogens is 248 g/mol. The van der Waals surface area contributed by atoms with Crippen LogP contribution in [0.1, 0.15) is 41.8 Å². The Balaban J connectivity index is 2.26. The van der Waals surface area contributed by atoms with E-state index in [1.807, 2.05) is 57.2 Å². The van der Waals surface area contributed by atoms with Gasteiger partial charge in [0.05, 0.1) is 5.56 Å². The van der Waals surface area contributed by atoms with E-state index in [2.05, 4.69) is 6.07 Å². The fraction of sp³-hybridized carbons (Fsp3) is 0.278. The van der Waals surface area contributed by atoms with Gasteiger partial charge in [-0.1, -0.05) is 55.0 Å². The molecule has 0 amide bonds. The van der Waals surface area contributed by atoms with Crippen LogP contribution in [0.2, 0.25) is 0 Å². The third-order valence-corrected chi connectivity index (χ3v) is 3.63. The lowest BCUT2D eigenvalue weighted by molar-refractivity contribution is -0.0141. The van der Waals surface area contributed by atoms with Gasteiger partial charge in [-0.3, -0.25) is 0 Å². The van der Waals surface area contributed by atoms with Gasteiger partial charge in [0.15, 0.2) is 0 Å². The van der Waals surface area contributed by atoms with E-state index in [0.717, 1.165) is 17.5 Å². The summed E-state index contributed by atoms with van der Waals surface area (Å²) in [7, 11) is 0. The van der Waals surface area contributed by atoms with Crippen molar-refractivity contribution in [3.8, 4) is 0 Å². The van der Waals surface area contributed by atoms with Crippen LogP contribution < -0.4 is 0 Å². The van der Waals surface area contributed by atoms with Crippen LogP contribution in [0.15, 0.2) is 54.6 Å². The van der Waals surface area contributed by atoms with Crippen LogP contribution in [-0.2, 0) is 10.3 Å². The highest BCUT2D eigenvalue weighted by atomic mass is 16.6. The Hall–Kier alpha value is -2.09. The summed E-state index contributed by atoms with van der Waals surface area (Å²) in [6.07, 6.45) is 0.731. The highest BCUT2D eigenvalue weighted by molar-refractivity contribution is 5.89. The Labute approximate surface area is 120 Å². The normalized spacial score (nSPS) is 13.6. The summed E-state index contributed by atoms with van der Waals surface area (Å²) in [5.41, 5.74) is 2.18. The Morgan fingerprint density at radius 1 is 1.10 bits per heavy atom. The summed E-state index contributed by atoms with van der Waals surface area (Å²) in [6, 6.07) is 17.2. The second kappa shape index (κ2) is 5.91.